The van der Waals surface area contributed by atoms with Crippen LogP contribution in [0.5, 0.6) is 0 Å². The number of esters is 1. The van der Waals surface area contributed by atoms with Gasteiger partial charge < -0.3 is 18.2 Å². The lowest BCUT2D eigenvalue weighted by Gasteiger charge is -2.13. The smallest absolute Gasteiger partial charge is 0.355 e. The molecule has 4 rings (SSSR count). The van der Waals surface area contributed by atoms with Crippen LogP contribution in [0.1, 0.15) is 29.0 Å². The Morgan fingerprint density at radius 2 is 2.04 bits per heavy atom. The van der Waals surface area contributed by atoms with Crippen molar-refractivity contribution in [1.82, 2.24) is 14.0 Å². The molecule has 0 bridgehead atoms. The van der Waals surface area contributed by atoms with Crippen LogP contribution in [-0.4, -0.2) is 41.5 Å². The maximum absolute atomic E-state index is 12.6. The molecule has 1 fully saturated rings. The average Bonchev–Trinajstić information content (AvgIpc) is 3.46. The van der Waals surface area contributed by atoms with Crippen LogP contribution < -0.4 is 0 Å². The van der Waals surface area contributed by atoms with Crippen molar-refractivity contribution in [2.24, 2.45) is 7.05 Å². The quantitative estimate of drug-likeness (QED) is 0.580. The molecule has 1 aliphatic heterocycles. The SMILES string of the molecule is Cn1cc(S(=O)(=O)N2CCCC2)cc1C(=O)OCc1cc(-c2ccco2)on1. The van der Waals surface area contributed by atoms with E-state index in [2.05, 4.69) is 5.16 Å². The van der Waals surface area contributed by atoms with Gasteiger partial charge in [0, 0.05) is 32.4 Å². The first-order valence-corrected chi connectivity index (χ1v) is 10.2. The second-order valence-electron chi connectivity index (χ2n) is 6.52. The molecule has 148 valence electrons. The Labute approximate surface area is 161 Å². The molecule has 0 aliphatic carbocycles. The molecule has 1 aliphatic rings. The van der Waals surface area contributed by atoms with E-state index in [0.717, 1.165) is 12.8 Å². The molecule has 0 N–H and O–H groups in total. The van der Waals surface area contributed by atoms with Crippen LogP contribution in [0.2, 0.25) is 0 Å². The number of sulfonamides is 1. The minimum absolute atomic E-state index is 0.0883. The van der Waals surface area contributed by atoms with Crippen molar-refractivity contribution >= 4 is 16.0 Å². The highest BCUT2D eigenvalue weighted by atomic mass is 32.2. The van der Waals surface area contributed by atoms with Gasteiger partial charge in [-0.3, -0.25) is 0 Å². The first kappa shape index (κ1) is 18.5. The minimum atomic E-state index is -3.60. The van der Waals surface area contributed by atoms with Gasteiger partial charge in [-0.05, 0) is 31.0 Å². The van der Waals surface area contributed by atoms with Crippen molar-refractivity contribution in [2.75, 3.05) is 13.1 Å². The summed E-state index contributed by atoms with van der Waals surface area (Å²) in [6.45, 7) is 0.894. The number of furan rings is 1. The van der Waals surface area contributed by atoms with E-state index in [1.165, 1.54) is 27.4 Å². The van der Waals surface area contributed by atoms with Crippen LogP contribution in [0.4, 0.5) is 0 Å². The number of rotatable bonds is 6. The molecule has 3 aromatic rings. The molecule has 9 nitrogen and oxygen atoms in total. The predicted octanol–water partition coefficient (Wildman–Crippen LogP) is 2.41. The Balaban J connectivity index is 1.45. The molecule has 4 heterocycles. The average molecular weight is 405 g/mol. The number of aryl methyl sites for hydroxylation is 1. The van der Waals surface area contributed by atoms with Gasteiger partial charge in [-0.25, -0.2) is 13.2 Å². The van der Waals surface area contributed by atoms with Gasteiger partial charge >= 0.3 is 5.97 Å². The summed E-state index contributed by atoms with van der Waals surface area (Å²) < 4.78 is 43.8. The second kappa shape index (κ2) is 7.28. The van der Waals surface area contributed by atoms with Crippen molar-refractivity contribution < 1.29 is 26.9 Å². The molecule has 0 saturated carbocycles. The maximum atomic E-state index is 12.6. The summed E-state index contributed by atoms with van der Waals surface area (Å²) in [4.78, 5) is 12.5. The van der Waals surface area contributed by atoms with Gasteiger partial charge in [0.25, 0.3) is 0 Å². The Morgan fingerprint density at radius 3 is 2.75 bits per heavy atom. The number of hydrogen-bond acceptors (Lipinski definition) is 7. The maximum Gasteiger partial charge on any atom is 0.355 e. The normalized spacial score (nSPS) is 15.2. The fraction of sp³-hybridized carbons (Fsp3) is 0.333. The molecule has 28 heavy (non-hydrogen) atoms. The highest BCUT2D eigenvalue weighted by Gasteiger charge is 2.29. The molecule has 0 radical (unpaired) electrons. The number of carbonyl (C=O) groups excluding carboxylic acids is 1. The lowest BCUT2D eigenvalue weighted by atomic mass is 10.3. The van der Waals surface area contributed by atoms with Crippen molar-refractivity contribution in [3.63, 3.8) is 0 Å². The molecule has 10 heteroatoms. The molecule has 0 aromatic carbocycles. The Hall–Kier alpha value is -2.85. The monoisotopic (exact) mass is 405 g/mol. The molecule has 0 atom stereocenters. The second-order valence-corrected chi connectivity index (χ2v) is 8.46. The van der Waals surface area contributed by atoms with Gasteiger partial charge in [-0.2, -0.15) is 4.31 Å². The van der Waals surface area contributed by atoms with E-state index in [9.17, 15) is 13.2 Å². The zero-order chi connectivity index (χ0) is 19.7. The summed E-state index contributed by atoms with van der Waals surface area (Å²) in [7, 11) is -1.99. The number of aromatic nitrogens is 2. The van der Waals surface area contributed by atoms with Crippen LogP contribution in [0.15, 0.2) is 50.6 Å². The van der Waals surface area contributed by atoms with Gasteiger partial charge in [-0.1, -0.05) is 5.16 Å². The van der Waals surface area contributed by atoms with Crippen molar-refractivity contribution in [3.05, 3.63) is 48.1 Å². The summed E-state index contributed by atoms with van der Waals surface area (Å²) >= 11 is 0. The van der Waals surface area contributed by atoms with E-state index >= 15 is 0 Å². The van der Waals surface area contributed by atoms with Crippen LogP contribution in [-0.2, 0) is 28.4 Å². The zero-order valence-corrected chi connectivity index (χ0v) is 16.0. The molecular formula is C18H19N3O6S. The van der Waals surface area contributed by atoms with Crippen LogP contribution >= 0.6 is 0 Å². The summed E-state index contributed by atoms with van der Waals surface area (Å²) in [5.41, 5.74) is 0.561. The third-order valence-electron chi connectivity index (χ3n) is 4.57. The van der Waals surface area contributed by atoms with E-state index < -0.39 is 16.0 Å². The number of carbonyl (C=O) groups is 1. The molecule has 0 spiro atoms. The first-order chi connectivity index (χ1) is 13.4. The lowest BCUT2D eigenvalue weighted by molar-refractivity contribution is 0.0453. The third-order valence-corrected chi connectivity index (χ3v) is 6.43. The third kappa shape index (κ3) is 3.48. The van der Waals surface area contributed by atoms with Crippen molar-refractivity contribution in [2.45, 2.75) is 24.3 Å². The van der Waals surface area contributed by atoms with Gasteiger partial charge in [0.2, 0.25) is 15.8 Å². The van der Waals surface area contributed by atoms with E-state index in [4.69, 9.17) is 13.7 Å². The van der Waals surface area contributed by atoms with Gasteiger partial charge in [0.1, 0.15) is 22.9 Å². The Morgan fingerprint density at radius 1 is 1.25 bits per heavy atom. The fourth-order valence-corrected chi connectivity index (χ4v) is 4.67. The van der Waals surface area contributed by atoms with Gasteiger partial charge in [-0.15, -0.1) is 0 Å². The summed E-state index contributed by atoms with van der Waals surface area (Å²) in [5, 5.41) is 3.84. The van der Waals surface area contributed by atoms with E-state index in [1.54, 1.807) is 25.2 Å². The predicted molar refractivity (Wildman–Crippen MR) is 96.7 cm³/mol. The molecule has 3 aromatic heterocycles. The van der Waals surface area contributed by atoms with Crippen LogP contribution in [0.3, 0.4) is 0 Å². The lowest BCUT2D eigenvalue weighted by Crippen LogP contribution is -2.27. The topological polar surface area (TPSA) is 108 Å². The number of hydrogen-bond donors (Lipinski definition) is 0. The Kier molecular flexibility index (Phi) is 4.82. The molecule has 1 saturated heterocycles. The summed E-state index contributed by atoms with van der Waals surface area (Å²) in [6, 6.07) is 6.40. The van der Waals surface area contributed by atoms with Crippen LogP contribution in [0.25, 0.3) is 11.5 Å². The van der Waals surface area contributed by atoms with E-state index in [-0.39, 0.29) is 17.2 Å². The number of ether oxygens (including phenoxy) is 1. The van der Waals surface area contributed by atoms with E-state index in [0.29, 0.717) is 30.3 Å². The fourth-order valence-electron chi connectivity index (χ4n) is 3.08. The van der Waals surface area contributed by atoms with Gasteiger partial charge in [0.15, 0.2) is 5.76 Å². The van der Waals surface area contributed by atoms with Gasteiger partial charge in [0.05, 0.1) is 6.26 Å². The molecule has 0 unspecified atom stereocenters. The van der Waals surface area contributed by atoms with Crippen molar-refractivity contribution in [1.29, 1.82) is 0 Å². The summed E-state index contributed by atoms with van der Waals surface area (Å²) in [5.74, 6) is 0.297. The molecule has 0 amide bonds. The highest BCUT2D eigenvalue weighted by molar-refractivity contribution is 7.89. The highest BCUT2D eigenvalue weighted by Crippen LogP contribution is 2.24. The number of nitrogens with zero attached hydrogens (tertiary/aromatic N) is 3. The summed E-state index contributed by atoms with van der Waals surface area (Å²) in [6.07, 6.45) is 4.63. The standard InChI is InChI=1S/C18H19N3O6S/c1-20-11-14(28(23,24)21-6-2-3-7-21)10-15(20)18(22)26-12-13-9-17(27-19-13)16-5-4-8-25-16/h4-5,8-11H,2-3,6-7,12H2,1H3. The largest absolute Gasteiger partial charge is 0.461 e. The zero-order valence-electron chi connectivity index (χ0n) is 15.2. The minimum Gasteiger partial charge on any atom is -0.461 e. The van der Waals surface area contributed by atoms with Crippen molar-refractivity contribution in [3.8, 4) is 11.5 Å². The van der Waals surface area contributed by atoms with Crippen LogP contribution in [0, 0.1) is 0 Å². The molecular weight excluding hydrogens is 386 g/mol. The Bertz CT molecular complexity index is 1070. The first-order valence-electron chi connectivity index (χ1n) is 8.78. The van der Waals surface area contributed by atoms with E-state index in [1.807, 2.05) is 0 Å².